The average molecular weight is 488 g/mol. The van der Waals surface area contributed by atoms with E-state index in [-0.39, 0.29) is 17.7 Å². The van der Waals surface area contributed by atoms with Crippen LogP contribution in [0, 0.1) is 11.8 Å². The SMILES string of the molecule is CO/N=C(\c1ccc2ccccc2n1)C1CCN(C(=O)C2CCN(Cc3cnc(N)nc3)CC2)CC1. The zero-order valence-electron chi connectivity index (χ0n) is 20.7. The van der Waals surface area contributed by atoms with Crippen LogP contribution in [-0.2, 0) is 16.2 Å². The van der Waals surface area contributed by atoms with Crippen molar-refractivity contribution in [3.63, 3.8) is 0 Å². The van der Waals surface area contributed by atoms with E-state index in [0.717, 1.165) is 86.3 Å². The summed E-state index contributed by atoms with van der Waals surface area (Å²) in [4.78, 5) is 35.9. The zero-order chi connectivity index (χ0) is 24.9. The number of likely N-dealkylation sites (tertiary alicyclic amines) is 2. The zero-order valence-corrected chi connectivity index (χ0v) is 20.7. The number of amides is 1. The molecule has 2 N–H and O–H groups in total. The normalized spacial score (nSPS) is 18.5. The molecule has 1 aromatic carbocycles. The minimum absolute atomic E-state index is 0.0923. The predicted molar refractivity (Wildman–Crippen MR) is 139 cm³/mol. The number of carbonyl (C=O) groups excluding carboxylic acids is 1. The summed E-state index contributed by atoms with van der Waals surface area (Å²) in [6.45, 7) is 4.06. The molecule has 0 atom stereocenters. The molecule has 9 nitrogen and oxygen atoms in total. The smallest absolute Gasteiger partial charge is 0.225 e. The number of carbonyl (C=O) groups is 1. The van der Waals surface area contributed by atoms with Crippen molar-refractivity contribution in [2.75, 3.05) is 39.0 Å². The molecule has 0 radical (unpaired) electrons. The number of benzene rings is 1. The summed E-state index contributed by atoms with van der Waals surface area (Å²) in [5.74, 6) is 0.889. The van der Waals surface area contributed by atoms with Gasteiger partial charge < -0.3 is 15.5 Å². The van der Waals surface area contributed by atoms with E-state index in [1.54, 1.807) is 19.5 Å². The highest BCUT2D eigenvalue weighted by atomic mass is 16.6. The van der Waals surface area contributed by atoms with Gasteiger partial charge in [-0.15, -0.1) is 0 Å². The van der Waals surface area contributed by atoms with Crippen LogP contribution in [0.2, 0.25) is 0 Å². The Labute approximate surface area is 211 Å². The summed E-state index contributed by atoms with van der Waals surface area (Å²) in [5, 5.41) is 5.46. The fourth-order valence-electron chi connectivity index (χ4n) is 5.31. The molecule has 4 heterocycles. The molecule has 5 rings (SSSR count). The number of nitrogen functional groups attached to an aromatic ring is 1. The van der Waals surface area contributed by atoms with E-state index in [1.807, 2.05) is 29.2 Å². The highest BCUT2D eigenvalue weighted by Crippen LogP contribution is 2.27. The molecule has 2 aliphatic heterocycles. The molecule has 1 amide bonds. The Bertz CT molecular complexity index is 1210. The van der Waals surface area contributed by atoms with Gasteiger partial charge in [0, 0.05) is 54.8 Å². The molecule has 0 saturated carbocycles. The first-order valence-corrected chi connectivity index (χ1v) is 12.7. The summed E-state index contributed by atoms with van der Waals surface area (Å²) < 4.78 is 0. The summed E-state index contributed by atoms with van der Waals surface area (Å²) in [6.07, 6.45) is 7.03. The average Bonchev–Trinajstić information content (AvgIpc) is 2.93. The molecule has 2 saturated heterocycles. The molecule has 2 aromatic heterocycles. The van der Waals surface area contributed by atoms with E-state index in [2.05, 4.69) is 32.2 Å². The summed E-state index contributed by atoms with van der Waals surface area (Å²) in [7, 11) is 1.58. The molecule has 2 fully saturated rings. The van der Waals surface area contributed by atoms with E-state index in [4.69, 9.17) is 15.6 Å². The van der Waals surface area contributed by atoms with Gasteiger partial charge in [-0.3, -0.25) is 9.69 Å². The standard InChI is InChI=1S/C27H33N7O2/c1-36-32-25(24-7-6-20-4-2-3-5-23(20)31-24)21-10-14-34(15-11-21)26(35)22-8-12-33(13-9-22)18-19-16-29-27(28)30-17-19/h2-7,16-17,21-22H,8-15,18H2,1H3,(H2,28,29,30)/b32-25-. The van der Waals surface area contributed by atoms with Crippen molar-refractivity contribution in [2.45, 2.75) is 32.2 Å². The van der Waals surface area contributed by atoms with Crippen molar-refractivity contribution in [2.24, 2.45) is 17.0 Å². The van der Waals surface area contributed by atoms with Gasteiger partial charge in [0.15, 0.2) is 0 Å². The molecular formula is C27H33N7O2. The lowest BCUT2D eigenvalue weighted by Crippen LogP contribution is -2.46. The van der Waals surface area contributed by atoms with Crippen molar-refractivity contribution in [1.82, 2.24) is 24.8 Å². The first-order chi connectivity index (χ1) is 17.6. The molecule has 9 heteroatoms. The van der Waals surface area contributed by atoms with Crippen LogP contribution in [0.1, 0.15) is 36.9 Å². The maximum Gasteiger partial charge on any atom is 0.225 e. The fraction of sp³-hybridized carbons (Fsp3) is 0.444. The first-order valence-electron chi connectivity index (χ1n) is 12.7. The summed E-state index contributed by atoms with van der Waals surface area (Å²) in [5.41, 5.74) is 9.29. The Hall–Kier alpha value is -3.59. The van der Waals surface area contributed by atoms with Crippen LogP contribution >= 0.6 is 0 Å². The maximum atomic E-state index is 13.3. The minimum Gasteiger partial charge on any atom is -0.399 e. The van der Waals surface area contributed by atoms with Crippen molar-refractivity contribution in [1.29, 1.82) is 0 Å². The van der Waals surface area contributed by atoms with Crippen molar-refractivity contribution in [3.8, 4) is 0 Å². The highest BCUT2D eigenvalue weighted by molar-refractivity contribution is 6.02. The van der Waals surface area contributed by atoms with Crippen LogP contribution in [0.4, 0.5) is 5.95 Å². The molecule has 0 bridgehead atoms. The third-order valence-electron chi connectivity index (χ3n) is 7.31. The Morgan fingerprint density at radius 1 is 1.00 bits per heavy atom. The molecule has 0 unspecified atom stereocenters. The van der Waals surface area contributed by atoms with Gasteiger partial charge in [-0.2, -0.15) is 0 Å². The number of hydrogen-bond acceptors (Lipinski definition) is 8. The number of anilines is 1. The number of aromatic nitrogens is 3. The Kier molecular flexibility index (Phi) is 7.36. The molecule has 2 aliphatic rings. The third-order valence-corrected chi connectivity index (χ3v) is 7.31. The van der Waals surface area contributed by atoms with Gasteiger partial charge in [0.2, 0.25) is 11.9 Å². The number of pyridine rings is 1. The highest BCUT2D eigenvalue weighted by Gasteiger charge is 2.33. The number of oxime groups is 1. The minimum atomic E-state index is 0.0923. The topological polar surface area (TPSA) is 110 Å². The lowest BCUT2D eigenvalue weighted by atomic mass is 9.88. The molecular weight excluding hydrogens is 454 g/mol. The van der Waals surface area contributed by atoms with Crippen LogP contribution in [0.3, 0.4) is 0 Å². The van der Waals surface area contributed by atoms with E-state index < -0.39 is 0 Å². The van der Waals surface area contributed by atoms with E-state index in [9.17, 15) is 4.79 Å². The molecule has 36 heavy (non-hydrogen) atoms. The number of nitrogens with two attached hydrogens (primary N) is 1. The van der Waals surface area contributed by atoms with Crippen LogP contribution in [0.5, 0.6) is 0 Å². The third kappa shape index (κ3) is 5.46. The van der Waals surface area contributed by atoms with Crippen LogP contribution in [0.25, 0.3) is 10.9 Å². The fourth-order valence-corrected chi connectivity index (χ4v) is 5.31. The van der Waals surface area contributed by atoms with Gasteiger partial charge in [-0.1, -0.05) is 29.4 Å². The summed E-state index contributed by atoms with van der Waals surface area (Å²) in [6, 6.07) is 12.2. The Balaban J connectivity index is 1.15. The largest absolute Gasteiger partial charge is 0.399 e. The molecule has 188 valence electrons. The Morgan fingerprint density at radius 2 is 1.69 bits per heavy atom. The van der Waals surface area contributed by atoms with Gasteiger partial charge in [-0.25, -0.2) is 15.0 Å². The lowest BCUT2D eigenvalue weighted by Gasteiger charge is -2.37. The number of rotatable bonds is 6. The van der Waals surface area contributed by atoms with E-state index in [0.29, 0.717) is 5.95 Å². The molecule has 0 aliphatic carbocycles. The second kappa shape index (κ2) is 11.0. The van der Waals surface area contributed by atoms with Crippen molar-refractivity contribution >= 4 is 28.5 Å². The number of para-hydroxylation sites is 1. The Morgan fingerprint density at radius 3 is 2.42 bits per heavy atom. The predicted octanol–water partition coefficient (Wildman–Crippen LogP) is 3.11. The van der Waals surface area contributed by atoms with Gasteiger partial charge >= 0.3 is 0 Å². The lowest BCUT2D eigenvalue weighted by molar-refractivity contribution is -0.138. The molecule has 0 spiro atoms. The van der Waals surface area contributed by atoms with Crippen molar-refractivity contribution in [3.05, 3.63) is 60.0 Å². The number of hydrogen-bond donors (Lipinski definition) is 1. The monoisotopic (exact) mass is 487 g/mol. The van der Waals surface area contributed by atoms with Gasteiger partial charge in [-0.05, 0) is 50.9 Å². The van der Waals surface area contributed by atoms with Gasteiger partial charge in [0.1, 0.15) is 12.8 Å². The summed E-state index contributed by atoms with van der Waals surface area (Å²) >= 11 is 0. The van der Waals surface area contributed by atoms with Gasteiger partial charge in [0.05, 0.1) is 11.2 Å². The number of piperidine rings is 2. The quantitative estimate of drug-likeness (QED) is 0.420. The van der Waals surface area contributed by atoms with Crippen LogP contribution in [0.15, 0.2) is 53.9 Å². The van der Waals surface area contributed by atoms with E-state index >= 15 is 0 Å². The first kappa shape index (κ1) is 24.1. The van der Waals surface area contributed by atoms with E-state index in [1.165, 1.54) is 0 Å². The molecule has 3 aromatic rings. The maximum absolute atomic E-state index is 13.3. The van der Waals surface area contributed by atoms with Gasteiger partial charge in [0.25, 0.3) is 0 Å². The second-order valence-electron chi connectivity index (χ2n) is 9.65. The van der Waals surface area contributed by atoms with Crippen molar-refractivity contribution < 1.29 is 9.63 Å². The number of fused-ring (bicyclic) bond motifs is 1. The second-order valence-corrected chi connectivity index (χ2v) is 9.65. The van der Waals surface area contributed by atoms with Crippen LogP contribution < -0.4 is 5.73 Å². The van der Waals surface area contributed by atoms with Crippen LogP contribution in [-0.4, -0.2) is 69.7 Å². The number of nitrogens with zero attached hydrogens (tertiary/aromatic N) is 6.